The summed E-state index contributed by atoms with van der Waals surface area (Å²) in [7, 11) is 0. The third kappa shape index (κ3) is 5.38. The van der Waals surface area contributed by atoms with Crippen molar-refractivity contribution in [2.75, 3.05) is 32.7 Å². The molecular weight excluding hydrogens is 415 g/mol. The van der Waals surface area contributed by atoms with Crippen molar-refractivity contribution < 1.29 is 19.1 Å². The third-order valence-corrected chi connectivity index (χ3v) is 7.37. The highest BCUT2D eigenvalue weighted by Gasteiger charge is 2.40. The van der Waals surface area contributed by atoms with Crippen LogP contribution in [0.25, 0.3) is 0 Å². The van der Waals surface area contributed by atoms with Crippen LogP contribution in [0.2, 0.25) is 0 Å². The van der Waals surface area contributed by atoms with Crippen LogP contribution in [0.15, 0.2) is 35.9 Å². The number of carbonyl (C=O) groups excluding carboxylic acids is 1. The average molecular weight is 447 g/mol. The van der Waals surface area contributed by atoms with E-state index in [4.69, 9.17) is 12.6 Å². The van der Waals surface area contributed by atoms with Crippen LogP contribution in [0.1, 0.15) is 43.7 Å². The number of carboxylic acids is 1. The van der Waals surface area contributed by atoms with E-state index in [9.17, 15) is 19.1 Å². The molecule has 2 heterocycles. The van der Waals surface area contributed by atoms with Crippen molar-refractivity contribution in [1.82, 2.24) is 9.80 Å². The summed E-state index contributed by atoms with van der Waals surface area (Å²) in [4.78, 5) is 28.8. The van der Waals surface area contributed by atoms with Gasteiger partial charge in [-0.3, -0.25) is 19.4 Å². The maximum absolute atomic E-state index is 14.6. The smallest absolute Gasteiger partial charge is 0.307 e. The van der Waals surface area contributed by atoms with Gasteiger partial charge in [-0.1, -0.05) is 24.3 Å². The zero-order chi connectivity index (χ0) is 22.0. The number of hydrogen-bond donors (Lipinski definition) is 2. The van der Waals surface area contributed by atoms with Crippen LogP contribution in [-0.2, 0) is 9.59 Å². The van der Waals surface area contributed by atoms with Crippen LogP contribution in [0.3, 0.4) is 0 Å². The summed E-state index contributed by atoms with van der Waals surface area (Å²) in [6.45, 7) is 3.44. The lowest BCUT2D eigenvalue weighted by molar-refractivity contribution is -0.143. The van der Waals surface area contributed by atoms with Gasteiger partial charge in [0.15, 0.2) is 5.78 Å². The Morgan fingerprint density at radius 3 is 2.65 bits per heavy atom. The molecule has 0 amide bonds. The molecule has 3 unspecified atom stereocenters. The number of likely N-dealkylation sites (tertiary alicyclic amines) is 2. The van der Waals surface area contributed by atoms with Gasteiger partial charge in [-0.15, -0.1) is 0 Å². The van der Waals surface area contributed by atoms with Crippen molar-refractivity contribution in [2.45, 2.75) is 43.4 Å². The standard InChI is InChI=1S/C24H31FN2O3S/c25-20-6-2-1-5-19(20)22(23(28)16-7-8-16)27-13-10-21(31)17(15-27)9-12-26-11-3-4-18(14-26)24(29)30/h1-2,5-6,9,16,18,21-22,31H,3-4,7-8,10-15H2,(H,29,30)/b17-9+. The molecule has 3 aliphatic rings. The Morgan fingerprint density at radius 2 is 1.94 bits per heavy atom. The first kappa shape index (κ1) is 22.5. The van der Waals surface area contributed by atoms with Crippen LogP contribution in [0, 0.1) is 17.7 Å². The van der Waals surface area contributed by atoms with E-state index in [-0.39, 0.29) is 28.7 Å². The van der Waals surface area contributed by atoms with E-state index in [1.807, 2.05) is 0 Å². The zero-order valence-electron chi connectivity index (χ0n) is 17.8. The van der Waals surface area contributed by atoms with Gasteiger partial charge >= 0.3 is 5.97 Å². The fourth-order valence-electron chi connectivity index (χ4n) is 4.80. The first-order chi connectivity index (χ1) is 14.9. The Balaban J connectivity index is 1.49. The maximum Gasteiger partial charge on any atom is 0.307 e. The summed E-state index contributed by atoms with van der Waals surface area (Å²) in [5.74, 6) is -1.18. The summed E-state index contributed by atoms with van der Waals surface area (Å²) in [5.41, 5.74) is 1.61. The molecule has 3 atom stereocenters. The quantitative estimate of drug-likeness (QED) is 0.495. The number of benzene rings is 1. The molecule has 1 N–H and O–H groups in total. The maximum atomic E-state index is 14.6. The number of hydrogen-bond acceptors (Lipinski definition) is 5. The van der Waals surface area contributed by atoms with Crippen LogP contribution >= 0.6 is 12.6 Å². The van der Waals surface area contributed by atoms with Crippen LogP contribution in [-0.4, -0.2) is 64.6 Å². The highest BCUT2D eigenvalue weighted by atomic mass is 32.1. The molecule has 31 heavy (non-hydrogen) atoms. The molecule has 0 spiro atoms. The fraction of sp³-hybridized carbons (Fsp3) is 0.583. The summed E-state index contributed by atoms with van der Waals surface area (Å²) in [6.07, 6.45) is 6.37. The largest absolute Gasteiger partial charge is 0.481 e. The van der Waals surface area contributed by atoms with Gasteiger partial charge in [0.05, 0.1) is 12.0 Å². The van der Waals surface area contributed by atoms with Crippen molar-refractivity contribution in [3.05, 3.63) is 47.3 Å². The molecule has 168 valence electrons. The third-order valence-electron chi connectivity index (χ3n) is 6.78. The molecule has 4 rings (SSSR count). The average Bonchev–Trinajstić information content (AvgIpc) is 3.61. The minimum absolute atomic E-state index is 0.0482. The number of aliphatic carboxylic acids is 1. The molecule has 3 fully saturated rings. The SMILES string of the molecule is O=C(O)C1CCCN(C/C=C2\CN(C(C(=O)C3CC3)c3ccccc3F)CCC2S)C1. The van der Waals surface area contributed by atoms with Gasteiger partial charge in [0.1, 0.15) is 5.82 Å². The molecule has 1 aromatic carbocycles. The number of piperidine rings is 2. The molecule has 7 heteroatoms. The summed E-state index contributed by atoms with van der Waals surface area (Å²) < 4.78 is 14.6. The molecule has 1 aliphatic carbocycles. The van der Waals surface area contributed by atoms with Crippen LogP contribution in [0.5, 0.6) is 0 Å². The molecular formula is C24H31FN2O3S. The highest BCUT2D eigenvalue weighted by molar-refractivity contribution is 7.81. The van der Waals surface area contributed by atoms with E-state index < -0.39 is 12.0 Å². The Labute approximate surface area is 188 Å². The number of carbonyl (C=O) groups is 2. The molecule has 1 aromatic rings. The minimum Gasteiger partial charge on any atom is -0.481 e. The van der Waals surface area contributed by atoms with Crippen molar-refractivity contribution in [2.24, 2.45) is 11.8 Å². The van der Waals surface area contributed by atoms with E-state index in [2.05, 4.69) is 15.9 Å². The van der Waals surface area contributed by atoms with Crippen molar-refractivity contribution in [1.29, 1.82) is 0 Å². The van der Waals surface area contributed by atoms with Gasteiger partial charge in [0.2, 0.25) is 0 Å². The molecule has 0 bridgehead atoms. The lowest BCUT2D eigenvalue weighted by Gasteiger charge is -2.38. The van der Waals surface area contributed by atoms with Crippen molar-refractivity contribution >= 4 is 24.4 Å². The number of ketones is 1. The predicted molar refractivity (Wildman–Crippen MR) is 121 cm³/mol. The lowest BCUT2D eigenvalue weighted by Crippen LogP contribution is -2.43. The summed E-state index contributed by atoms with van der Waals surface area (Å²) in [6, 6.07) is 6.06. The number of nitrogens with zero attached hydrogens (tertiary/aromatic N) is 2. The van der Waals surface area contributed by atoms with E-state index in [1.165, 1.54) is 6.07 Å². The zero-order valence-corrected chi connectivity index (χ0v) is 18.6. The Bertz CT molecular complexity index is 857. The number of rotatable bonds is 7. The lowest BCUT2D eigenvalue weighted by atomic mass is 9.93. The van der Waals surface area contributed by atoms with Gasteiger partial charge in [-0.05, 0) is 50.3 Å². The van der Waals surface area contributed by atoms with E-state index >= 15 is 0 Å². The van der Waals surface area contributed by atoms with Gasteiger partial charge in [-0.25, -0.2) is 4.39 Å². The van der Waals surface area contributed by atoms with E-state index in [0.29, 0.717) is 31.7 Å². The van der Waals surface area contributed by atoms with E-state index in [0.717, 1.165) is 44.2 Å². The molecule has 1 saturated carbocycles. The second-order valence-electron chi connectivity index (χ2n) is 9.09. The molecule has 2 saturated heterocycles. The van der Waals surface area contributed by atoms with Gasteiger partial charge in [-0.2, -0.15) is 12.6 Å². The van der Waals surface area contributed by atoms with Gasteiger partial charge in [0.25, 0.3) is 0 Å². The van der Waals surface area contributed by atoms with Crippen LogP contribution < -0.4 is 0 Å². The Kier molecular flexibility index (Phi) is 7.14. The second-order valence-corrected chi connectivity index (χ2v) is 9.71. The fourth-order valence-corrected chi connectivity index (χ4v) is 5.10. The predicted octanol–water partition coefficient (Wildman–Crippen LogP) is 3.57. The molecule has 0 aromatic heterocycles. The normalized spacial score (nSPS) is 27.9. The number of halogens is 1. The Hall–Kier alpha value is -1.70. The second kappa shape index (κ2) is 9.84. The summed E-state index contributed by atoms with van der Waals surface area (Å²) >= 11 is 4.76. The Morgan fingerprint density at radius 1 is 1.16 bits per heavy atom. The summed E-state index contributed by atoms with van der Waals surface area (Å²) in [5, 5.41) is 9.42. The van der Waals surface area contributed by atoms with Gasteiger partial charge < -0.3 is 5.11 Å². The highest BCUT2D eigenvalue weighted by Crippen LogP contribution is 2.39. The first-order valence-electron chi connectivity index (χ1n) is 11.3. The molecule has 0 radical (unpaired) electrons. The molecule has 2 aliphatic heterocycles. The van der Waals surface area contributed by atoms with Gasteiger partial charge in [0, 0.05) is 42.9 Å². The number of carboxylic acid groups (broad SMARTS) is 1. The number of Topliss-reactive ketones (excluding diaryl/α,β-unsaturated/α-hetero) is 1. The monoisotopic (exact) mass is 446 g/mol. The molecule has 5 nitrogen and oxygen atoms in total. The van der Waals surface area contributed by atoms with E-state index in [1.54, 1.807) is 18.2 Å². The minimum atomic E-state index is -0.723. The van der Waals surface area contributed by atoms with Crippen molar-refractivity contribution in [3.8, 4) is 0 Å². The van der Waals surface area contributed by atoms with Crippen LogP contribution in [0.4, 0.5) is 4.39 Å². The first-order valence-corrected chi connectivity index (χ1v) is 11.8. The van der Waals surface area contributed by atoms with Crippen molar-refractivity contribution in [3.63, 3.8) is 0 Å². The number of thiol groups is 1. The topological polar surface area (TPSA) is 60.9 Å².